The Morgan fingerprint density at radius 3 is 2.75 bits per heavy atom. The average molecular weight is 327 g/mol. The van der Waals surface area contributed by atoms with Crippen molar-refractivity contribution >= 4 is 22.8 Å². The summed E-state index contributed by atoms with van der Waals surface area (Å²) in [6.45, 7) is 4.80. The van der Waals surface area contributed by atoms with Crippen molar-refractivity contribution in [3.8, 4) is 0 Å². The summed E-state index contributed by atoms with van der Waals surface area (Å²) in [5, 5.41) is 0. The minimum atomic E-state index is -0.425. The molecule has 0 atom stereocenters. The number of imidazole rings is 1. The van der Waals surface area contributed by atoms with Crippen molar-refractivity contribution in [2.24, 2.45) is 5.92 Å². The molecule has 0 aliphatic heterocycles. The normalized spacial score (nSPS) is 11.5. The number of esters is 1. The molecule has 1 aromatic carbocycles. The molecule has 0 aliphatic rings. The lowest BCUT2D eigenvalue weighted by Gasteiger charge is -2.12. The molecule has 0 spiro atoms. The number of hydrogen-bond donors (Lipinski definition) is 0. The first-order valence-electron chi connectivity index (χ1n) is 8.07. The molecule has 6 nitrogen and oxygen atoms in total. The predicted octanol–water partition coefficient (Wildman–Crippen LogP) is 2.41. The third-order valence-corrected chi connectivity index (χ3v) is 4.12. The van der Waals surface area contributed by atoms with Crippen molar-refractivity contribution in [3.63, 3.8) is 0 Å². The van der Waals surface area contributed by atoms with Crippen molar-refractivity contribution in [1.82, 2.24) is 14.0 Å². The van der Waals surface area contributed by atoms with E-state index < -0.39 is 5.97 Å². The number of carbonyl (C=O) groups excluding carboxylic acids is 1. The van der Waals surface area contributed by atoms with Crippen LogP contribution in [0.15, 0.2) is 35.3 Å². The highest BCUT2D eigenvalue weighted by Gasteiger charge is 2.16. The molecule has 0 fully saturated rings. The molecule has 24 heavy (non-hydrogen) atoms. The van der Waals surface area contributed by atoms with Crippen molar-refractivity contribution in [2.45, 2.75) is 33.2 Å². The fourth-order valence-electron chi connectivity index (χ4n) is 2.76. The summed E-state index contributed by atoms with van der Waals surface area (Å²) in [5.41, 5.74) is 1.98. The van der Waals surface area contributed by atoms with E-state index in [0.29, 0.717) is 23.8 Å². The van der Waals surface area contributed by atoms with Gasteiger partial charge in [0, 0.05) is 18.3 Å². The SMILES string of the molecule is COC(=O)Cc1cn2c3ccccc3nc2n(CCC(C)C)c1=O. The van der Waals surface area contributed by atoms with Crippen LogP contribution < -0.4 is 5.56 Å². The molecule has 0 saturated carbocycles. The Kier molecular flexibility index (Phi) is 4.38. The van der Waals surface area contributed by atoms with Gasteiger partial charge in [-0.2, -0.15) is 0 Å². The van der Waals surface area contributed by atoms with E-state index in [0.717, 1.165) is 17.5 Å². The van der Waals surface area contributed by atoms with Crippen molar-refractivity contribution in [3.05, 3.63) is 46.4 Å². The Bertz CT molecular complexity index is 953. The number of nitrogens with zero attached hydrogens (tertiary/aromatic N) is 3. The van der Waals surface area contributed by atoms with Crippen LogP contribution >= 0.6 is 0 Å². The molecule has 0 saturated heterocycles. The molecule has 0 bridgehead atoms. The summed E-state index contributed by atoms with van der Waals surface area (Å²) >= 11 is 0. The first-order valence-corrected chi connectivity index (χ1v) is 8.07. The van der Waals surface area contributed by atoms with Crippen LogP contribution in [0.5, 0.6) is 0 Å². The number of rotatable bonds is 5. The Morgan fingerprint density at radius 1 is 1.29 bits per heavy atom. The standard InChI is InChI=1S/C18H21N3O3/c1-12(2)8-9-20-17(23)13(10-16(22)24-3)11-21-15-7-5-4-6-14(15)19-18(20)21/h4-7,11-12H,8-10H2,1-3H3. The summed E-state index contributed by atoms with van der Waals surface area (Å²) < 4.78 is 8.27. The lowest BCUT2D eigenvalue weighted by molar-refractivity contribution is -0.139. The number of aromatic nitrogens is 3. The van der Waals surface area contributed by atoms with E-state index in [9.17, 15) is 9.59 Å². The number of benzene rings is 1. The molecule has 2 heterocycles. The lowest BCUT2D eigenvalue weighted by atomic mass is 10.1. The number of carbonyl (C=O) groups is 1. The maximum absolute atomic E-state index is 12.8. The monoisotopic (exact) mass is 327 g/mol. The van der Waals surface area contributed by atoms with Crippen molar-refractivity contribution < 1.29 is 9.53 Å². The summed E-state index contributed by atoms with van der Waals surface area (Å²) in [7, 11) is 1.32. The molecule has 0 unspecified atom stereocenters. The molecule has 0 radical (unpaired) electrons. The minimum absolute atomic E-state index is 0.0422. The van der Waals surface area contributed by atoms with Gasteiger partial charge in [-0.05, 0) is 24.5 Å². The third-order valence-electron chi connectivity index (χ3n) is 4.12. The van der Waals surface area contributed by atoms with E-state index in [1.165, 1.54) is 7.11 Å². The fraction of sp³-hybridized carbons (Fsp3) is 0.389. The van der Waals surface area contributed by atoms with Gasteiger partial charge in [-0.15, -0.1) is 0 Å². The van der Waals surface area contributed by atoms with Crippen LogP contribution in [0, 0.1) is 5.92 Å². The third kappa shape index (κ3) is 2.91. The van der Waals surface area contributed by atoms with E-state index in [1.54, 1.807) is 10.8 Å². The van der Waals surface area contributed by atoms with Crippen LogP contribution in [0.4, 0.5) is 0 Å². The van der Waals surface area contributed by atoms with Crippen LogP contribution in [0.25, 0.3) is 16.8 Å². The maximum Gasteiger partial charge on any atom is 0.310 e. The first kappa shape index (κ1) is 16.2. The van der Waals surface area contributed by atoms with Crippen molar-refractivity contribution in [2.75, 3.05) is 7.11 Å². The van der Waals surface area contributed by atoms with Gasteiger partial charge in [-0.3, -0.25) is 18.6 Å². The van der Waals surface area contributed by atoms with Crippen LogP contribution in [-0.4, -0.2) is 27.0 Å². The largest absolute Gasteiger partial charge is 0.469 e. The summed E-state index contributed by atoms with van der Waals surface area (Å²) in [6, 6.07) is 7.72. The van der Waals surface area contributed by atoms with Gasteiger partial charge in [0.05, 0.1) is 24.6 Å². The predicted molar refractivity (Wildman–Crippen MR) is 92.1 cm³/mol. The molecule has 0 N–H and O–H groups in total. The molecule has 0 amide bonds. The van der Waals surface area contributed by atoms with E-state index in [4.69, 9.17) is 4.74 Å². The van der Waals surface area contributed by atoms with E-state index >= 15 is 0 Å². The molecule has 2 aromatic heterocycles. The van der Waals surface area contributed by atoms with E-state index in [-0.39, 0.29) is 12.0 Å². The number of fused-ring (bicyclic) bond motifs is 3. The van der Waals surface area contributed by atoms with Gasteiger partial charge in [0.2, 0.25) is 5.78 Å². The van der Waals surface area contributed by atoms with Gasteiger partial charge < -0.3 is 4.74 Å². The van der Waals surface area contributed by atoms with Gasteiger partial charge in [-0.25, -0.2) is 4.98 Å². The first-order chi connectivity index (χ1) is 11.5. The second-order valence-electron chi connectivity index (χ2n) is 6.32. The molecular weight excluding hydrogens is 306 g/mol. The average Bonchev–Trinajstić information content (AvgIpc) is 2.92. The zero-order valence-corrected chi connectivity index (χ0v) is 14.2. The second kappa shape index (κ2) is 6.47. The summed E-state index contributed by atoms with van der Waals surface area (Å²) in [5.74, 6) is 0.646. The second-order valence-corrected chi connectivity index (χ2v) is 6.32. The van der Waals surface area contributed by atoms with Crippen LogP contribution in [0.3, 0.4) is 0 Å². The van der Waals surface area contributed by atoms with Crippen molar-refractivity contribution in [1.29, 1.82) is 0 Å². The van der Waals surface area contributed by atoms with E-state index in [2.05, 4.69) is 18.8 Å². The highest BCUT2D eigenvalue weighted by Crippen LogP contribution is 2.17. The fourth-order valence-corrected chi connectivity index (χ4v) is 2.76. The zero-order valence-electron chi connectivity index (χ0n) is 14.2. The zero-order chi connectivity index (χ0) is 17.3. The van der Waals surface area contributed by atoms with Gasteiger partial charge in [-0.1, -0.05) is 26.0 Å². The van der Waals surface area contributed by atoms with Gasteiger partial charge in [0.1, 0.15) is 0 Å². The molecule has 126 valence electrons. The smallest absolute Gasteiger partial charge is 0.310 e. The number of ether oxygens (including phenoxy) is 1. The minimum Gasteiger partial charge on any atom is -0.469 e. The molecular formula is C18H21N3O3. The lowest BCUT2D eigenvalue weighted by Crippen LogP contribution is -2.28. The van der Waals surface area contributed by atoms with Gasteiger partial charge in [0.25, 0.3) is 5.56 Å². The van der Waals surface area contributed by atoms with Crippen LogP contribution in [0.1, 0.15) is 25.8 Å². The summed E-state index contributed by atoms with van der Waals surface area (Å²) in [6.07, 6.45) is 2.52. The number of aryl methyl sites for hydroxylation is 1. The van der Waals surface area contributed by atoms with E-state index in [1.807, 2.05) is 28.7 Å². The Balaban J connectivity index is 2.25. The number of para-hydroxylation sites is 2. The summed E-state index contributed by atoms with van der Waals surface area (Å²) in [4.78, 5) is 29.1. The number of hydrogen-bond acceptors (Lipinski definition) is 4. The highest BCUT2D eigenvalue weighted by molar-refractivity contribution is 5.79. The highest BCUT2D eigenvalue weighted by atomic mass is 16.5. The topological polar surface area (TPSA) is 65.6 Å². The Labute approximate surface area is 139 Å². The molecule has 6 heteroatoms. The van der Waals surface area contributed by atoms with Gasteiger partial charge >= 0.3 is 5.97 Å². The quantitative estimate of drug-likeness (QED) is 0.675. The molecule has 0 aliphatic carbocycles. The van der Waals surface area contributed by atoms with Crippen LogP contribution in [0.2, 0.25) is 0 Å². The van der Waals surface area contributed by atoms with Gasteiger partial charge in [0.15, 0.2) is 0 Å². The molecule has 3 rings (SSSR count). The number of methoxy groups -OCH3 is 1. The maximum atomic E-state index is 12.8. The Morgan fingerprint density at radius 2 is 2.04 bits per heavy atom. The van der Waals surface area contributed by atoms with Crippen LogP contribution in [-0.2, 0) is 22.5 Å². The Hall–Kier alpha value is -2.63. The molecule has 3 aromatic rings.